The molecule has 3 rings (SSSR count). The van der Waals surface area contributed by atoms with E-state index in [1.807, 2.05) is 62.4 Å². The van der Waals surface area contributed by atoms with Crippen molar-refractivity contribution in [2.45, 2.75) is 34.2 Å². The second-order valence-corrected chi connectivity index (χ2v) is 9.27. The van der Waals surface area contributed by atoms with E-state index in [0.29, 0.717) is 40.7 Å². The first-order valence-electron chi connectivity index (χ1n) is 10.1. The quantitative estimate of drug-likeness (QED) is 0.381. The van der Waals surface area contributed by atoms with Crippen LogP contribution in [-0.2, 0) is 11.3 Å². The van der Waals surface area contributed by atoms with Crippen LogP contribution in [0.2, 0.25) is 0 Å². The molecule has 4 nitrogen and oxygen atoms in total. The van der Waals surface area contributed by atoms with Gasteiger partial charge in [0.2, 0.25) is 0 Å². The van der Waals surface area contributed by atoms with Crippen molar-refractivity contribution in [3.8, 4) is 11.5 Å². The van der Waals surface area contributed by atoms with Crippen LogP contribution in [0.25, 0.3) is 6.08 Å². The molecule has 2 aromatic carbocycles. The van der Waals surface area contributed by atoms with Gasteiger partial charge in [0.1, 0.15) is 4.32 Å². The molecule has 1 amide bonds. The molecule has 2 aromatic rings. The normalized spacial score (nSPS) is 15.4. The maximum atomic E-state index is 12.9. The van der Waals surface area contributed by atoms with Crippen LogP contribution in [0.1, 0.15) is 37.5 Å². The van der Waals surface area contributed by atoms with E-state index >= 15 is 0 Å². The van der Waals surface area contributed by atoms with Gasteiger partial charge < -0.3 is 9.47 Å². The van der Waals surface area contributed by atoms with E-state index in [1.165, 1.54) is 17.3 Å². The Labute approximate surface area is 188 Å². The molecule has 1 heterocycles. The van der Waals surface area contributed by atoms with Crippen molar-refractivity contribution in [2.75, 3.05) is 13.2 Å². The third-order valence-electron chi connectivity index (χ3n) is 4.47. The summed E-state index contributed by atoms with van der Waals surface area (Å²) in [6.45, 7) is 9.84. The number of nitrogens with zero attached hydrogens (tertiary/aromatic N) is 1. The summed E-state index contributed by atoms with van der Waals surface area (Å²) in [5.41, 5.74) is 3.13. The number of benzene rings is 2. The molecular formula is C24H27NO3S2. The Morgan fingerprint density at radius 3 is 2.50 bits per heavy atom. The molecule has 0 atom stereocenters. The van der Waals surface area contributed by atoms with E-state index in [-0.39, 0.29) is 5.91 Å². The van der Waals surface area contributed by atoms with Crippen LogP contribution in [0, 0.1) is 12.8 Å². The third kappa shape index (κ3) is 5.64. The summed E-state index contributed by atoms with van der Waals surface area (Å²) < 4.78 is 12.2. The van der Waals surface area contributed by atoms with Crippen LogP contribution in [0.15, 0.2) is 47.4 Å². The molecule has 1 aliphatic rings. The lowest BCUT2D eigenvalue weighted by Crippen LogP contribution is -2.27. The fourth-order valence-corrected chi connectivity index (χ4v) is 4.18. The van der Waals surface area contributed by atoms with Crippen LogP contribution < -0.4 is 9.47 Å². The molecule has 0 aromatic heterocycles. The Morgan fingerprint density at radius 2 is 1.83 bits per heavy atom. The third-order valence-corrected chi connectivity index (χ3v) is 5.85. The Kier molecular flexibility index (Phi) is 7.56. The highest BCUT2D eigenvalue weighted by Gasteiger charge is 2.32. The summed E-state index contributed by atoms with van der Waals surface area (Å²) in [5, 5.41) is 0. The van der Waals surface area contributed by atoms with Crippen LogP contribution in [0.4, 0.5) is 0 Å². The Bertz CT molecular complexity index is 951. The Morgan fingerprint density at radius 1 is 1.10 bits per heavy atom. The zero-order valence-electron chi connectivity index (χ0n) is 17.8. The number of rotatable bonds is 8. The molecule has 0 spiro atoms. The van der Waals surface area contributed by atoms with Crippen molar-refractivity contribution in [3.63, 3.8) is 0 Å². The van der Waals surface area contributed by atoms with Crippen LogP contribution in [-0.4, -0.2) is 28.3 Å². The first kappa shape index (κ1) is 22.4. The van der Waals surface area contributed by atoms with Crippen molar-refractivity contribution >= 4 is 40.3 Å². The number of thioether (sulfide) groups is 1. The predicted octanol–water partition coefficient (Wildman–Crippen LogP) is 5.83. The van der Waals surface area contributed by atoms with E-state index in [9.17, 15) is 4.79 Å². The van der Waals surface area contributed by atoms with Crippen molar-refractivity contribution in [1.82, 2.24) is 4.90 Å². The maximum Gasteiger partial charge on any atom is 0.266 e. The van der Waals surface area contributed by atoms with Gasteiger partial charge in [-0.15, -0.1) is 0 Å². The molecular weight excluding hydrogens is 414 g/mol. The van der Waals surface area contributed by atoms with Gasteiger partial charge in [0, 0.05) is 0 Å². The number of aryl methyl sites for hydroxylation is 1. The molecule has 0 saturated carbocycles. The van der Waals surface area contributed by atoms with Crippen molar-refractivity contribution in [3.05, 3.63) is 64.1 Å². The molecule has 30 heavy (non-hydrogen) atoms. The lowest BCUT2D eigenvalue weighted by Gasteiger charge is -2.15. The Hall–Kier alpha value is -2.31. The summed E-state index contributed by atoms with van der Waals surface area (Å²) >= 11 is 6.80. The van der Waals surface area contributed by atoms with E-state index in [4.69, 9.17) is 21.7 Å². The highest BCUT2D eigenvalue weighted by molar-refractivity contribution is 8.26. The lowest BCUT2D eigenvalue weighted by atomic mass is 10.1. The van der Waals surface area contributed by atoms with Gasteiger partial charge in [0.25, 0.3) is 5.91 Å². The zero-order chi connectivity index (χ0) is 21.7. The summed E-state index contributed by atoms with van der Waals surface area (Å²) in [4.78, 5) is 15.2. The van der Waals surface area contributed by atoms with E-state index in [2.05, 4.69) is 13.8 Å². The molecule has 0 aliphatic carbocycles. The second kappa shape index (κ2) is 10.1. The number of carbonyl (C=O) groups is 1. The highest BCUT2D eigenvalue weighted by atomic mass is 32.2. The molecule has 0 unspecified atom stereocenters. The van der Waals surface area contributed by atoms with Crippen molar-refractivity contribution in [1.29, 1.82) is 0 Å². The predicted molar refractivity (Wildman–Crippen MR) is 128 cm³/mol. The fraction of sp³-hybridized carbons (Fsp3) is 0.333. The standard InChI is InChI=1S/C24H27NO3S2/c1-5-27-21-12-19(10-11-20(21)28-15-16(2)3)13-22-23(26)25(24(29)30-22)14-18-8-6-17(4)7-9-18/h6-13,16H,5,14-15H2,1-4H3/b22-13-. The molecule has 1 fully saturated rings. The minimum atomic E-state index is -0.0660. The van der Waals surface area contributed by atoms with Crippen molar-refractivity contribution in [2.24, 2.45) is 5.92 Å². The first-order valence-corrected chi connectivity index (χ1v) is 11.3. The maximum absolute atomic E-state index is 12.9. The minimum Gasteiger partial charge on any atom is -0.490 e. The molecule has 1 saturated heterocycles. The number of carbonyl (C=O) groups excluding carboxylic acids is 1. The number of amides is 1. The number of thiocarbonyl (C=S) groups is 1. The summed E-state index contributed by atoms with van der Waals surface area (Å²) in [6, 6.07) is 13.9. The summed E-state index contributed by atoms with van der Waals surface area (Å²) in [5.74, 6) is 1.76. The first-order chi connectivity index (χ1) is 14.4. The lowest BCUT2D eigenvalue weighted by molar-refractivity contribution is -0.122. The largest absolute Gasteiger partial charge is 0.490 e. The number of hydrogen-bond acceptors (Lipinski definition) is 5. The average Bonchev–Trinajstić information content (AvgIpc) is 2.96. The van der Waals surface area contributed by atoms with Gasteiger partial charge in [-0.1, -0.05) is 73.7 Å². The van der Waals surface area contributed by atoms with Crippen LogP contribution in [0.3, 0.4) is 0 Å². The van der Waals surface area contributed by atoms with Crippen LogP contribution >= 0.6 is 24.0 Å². The van der Waals surface area contributed by atoms with Gasteiger partial charge in [-0.3, -0.25) is 9.69 Å². The molecule has 0 N–H and O–H groups in total. The van der Waals surface area contributed by atoms with Gasteiger partial charge in [0.15, 0.2) is 11.5 Å². The monoisotopic (exact) mass is 441 g/mol. The highest BCUT2D eigenvalue weighted by Crippen LogP contribution is 2.35. The molecule has 0 bridgehead atoms. The smallest absolute Gasteiger partial charge is 0.266 e. The molecule has 1 aliphatic heterocycles. The zero-order valence-corrected chi connectivity index (χ0v) is 19.4. The van der Waals surface area contributed by atoms with Crippen LogP contribution in [0.5, 0.6) is 11.5 Å². The summed E-state index contributed by atoms with van der Waals surface area (Å²) in [7, 11) is 0. The number of hydrogen-bond donors (Lipinski definition) is 0. The van der Waals surface area contributed by atoms with E-state index < -0.39 is 0 Å². The SMILES string of the molecule is CCOc1cc(/C=C2\SC(=S)N(Cc3ccc(C)cc3)C2=O)ccc1OCC(C)C. The van der Waals surface area contributed by atoms with Gasteiger partial charge >= 0.3 is 0 Å². The molecule has 0 radical (unpaired) electrons. The van der Waals surface area contributed by atoms with E-state index in [0.717, 1.165) is 16.9 Å². The minimum absolute atomic E-state index is 0.0660. The molecule has 158 valence electrons. The van der Waals surface area contributed by atoms with Gasteiger partial charge in [-0.05, 0) is 49.1 Å². The fourth-order valence-electron chi connectivity index (χ4n) is 2.92. The second-order valence-electron chi connectivity index (χ2n) is 7.60. The summed E-state index contributed by atoms with van der Waals surface area (Å²) in [6.07, 6.45) is 1.86. The topological polar surface area (TPSA) is 38.8 Å². The molecule has 6 heteroatoms. The average molecular weight is 442 g/mol. The van der Waals surface area contributed by atoms with Crippen molar-refractivity contribution < 1.29 is 14.3 Å². The van der Waals surface area contributed by atoms with Gasteiger partial charge in [-0.2, -0.15) is 0 Å². The van der Waals surface area contributed by atoms with E-state index in [1.54, 1.807) is 4.90 Å². The van der Waals surface area contributed by atoms with Gasteiger partial charge in [-0.25, -0.2) is 0 Å². The van der Waals surface area contributed by atoms with Gasteiger partial charge in [0.05, 0.1) is 24.7 Å². The Balaban J connectivity index is 1.78. The number of ether oxygens (including phenoxy) is 2.